The lowest BCUT2D eigenvalue weighted by Gasteiger charge is -2.26. The zero-order valence-electron chi connectivity index (χ0n) is 9.13. The zero-order valence-corrected chi connectivity index (χ0v) is 9.13. The molecule has 2 N–H and O–H groups in total. The molecule has 80 valence electrons. The van der Waals surface area contributed by atoms with Crippen LogP contribution in [0.4, 0.5) is 5.69 Å². The van der Waals surface area contributed by atoms with Gasteiger partial charge >= 0.3 is 0 Å². The number of amides is 1. The second-order valence-corrected chi connectivity index (χ2v) is 4.05. The molecule has 1 aliphatic heterocycles. The fraction of sp³-hybridized carbons (Fsp3) is 0.417. The van der Waals surface area contributed by atoms with E-state index in [1.54, 1.807) is 0 Å². The zero-order chi connectivity index (χ0) is 10.8. The van der Waals surface area contributed by atoms with Gasteiger partial charge in [-0.3, -0.25) is 4.79 Å². The van der Waals surface area contributed by atoms with Crippen molar-refractivity contribution in [3.05, 3.63) is 29.3 Å². The lowest BCUT2D eigenvalue weighted by molar-refractivity contribution is -0.119. The van der Waals surface area contributed by atoms with Crippen LogP contribution in [0.5, 0.6) is 0 Å². The maximum absolute atomic E-state index is 11.7. The molecular formula is C12H16N2O. The maximum atomic E-state index is 11.7. The van der Waals surface area contributed by atoms with Crippen LogP contribution in [0.2, 0.25) is 0 Å². The average Bonchev–Trinajstić information content (AvgIpc) is 2.08. The van der Waals surface area contributed by atoms with Gasteiger partial charge in [-0.25, -0.2) is 0 Å². The molecule has 0 saturated carbocycles. The van der Waals surface area contributed by atoms with Gasteiger partial charge in [-0.2, -0.15) is 0 Å². The van der Waals surface area contributed by atoms with Gasteiger partial charge in [0.05, 0.1) is 6.04 Å². The van der Waals surface area contributed by atoms with E-state index < -0.39 is 0 Å². The molecule has 2 rings (SSSR count). The molecule has 1 amide bonds. The summed E-state index contributed by atoms with van der Waals surface area (Å²) in [6, 6.07) is 6.03. The van der Waals surface area contributed by atoms with Crippen LogP contribution in [0, 0.1) is 13.8 Å². The van der Waals surface area contributed by atoms with Crippen molar-refractivity contribution in [2.24, 2.45) is 0 Å². The minimum atomic E-state index is 0.00371. The third-order valence-electron chi connectivity index (χ3n) is 2.87. The molecule has 1 heterocycles. The smallest absolute Gasteiger partial charge is 0.241 e. The Morgan fingerprint density at radius 2 is 2.00 bits per heavy atom. The Hall–Kier alpha value is -1.35. The van der Waals surface area contributed by atoms with E-state index in [1.807, 2.05) is 32.0 Å². The van der Waals surface area contributed by atoms with E-state index >= 15 is 0 Å². The average molecular weight is 204 g/mol. The number of rotatable bonds is 2. The quantitative estimate of drug-likeness (QED) is 0.768. The second kappa shape index (κ2) is 4.03. The molecule has 0 aromatic heterocycles. The van der Waals surface area contributed by atoms with Gasteiger partial charge in [-0.1, -0.05) is 18.2 Å². The van der Waals surface area contributed by atoms with E-state index in [0.717, 1.165) is 29.8 Å². The van der Waals surface area contributed by atoms with Crippen LogP contribution in [0.15, 0.2) is 18.2 Å². The molecule has 1 saturated heterocycles. The van der Waals surface area contributed by atoms with Crippen molar-refractivity contribution in [2.45, 2.75) is 26.3 Å². The summed E-state index contributed by atoms with van der Waals surface area (Å²) >= 11 is 0. The number of aryl methyl sites for hydroxylation is 2. The molecular weight excluding hydrogens is 188 g/mol. The number of carbonyl (C=O) groups is 1. The van der Waals surface area contributed by atoms with Crippen molar-refractivity contribution < 1.29 is 4.79 Å². The van der Waals surface area contributed by atoms with Gasteiger partial charge < -0.3 is 10.6 Å². The van der Waals surface area contributed by atoms with Crippen molar-refractivity contribution in [3.8, 4) is 0 Å². The first-order valence-corrected chi connectivity index (χ1v) is 5.29. The molecule has 0 radical (unpaired) electrons. The van der Waals surface area contributed by atoms with Crippen LogP contribution in [-0.4, -0.2) is 18.5 Å². The number of benzene rings is 1. The number of carbonyl (C=O) groups excluding carboxylic acids is 1. The van der Waals surface area contributed by atoms with Crippen molar-refractivity contribution in [2.75, 3.05) is 11.9 Å². The van der Waals surface area contributed by atoms with Crippen molar-refractivity contribution in [3.63, 3.8) is 0 Å². The van der Waals surface area contributed by atoms with E-state index in [4.69, 9.17) is 0 Å². The molecule has 1 aromatic rings. The summed E-state index contributed by atoms with van der Waals surface area (Å²) < 4.78 is 0. The fourth-order valence-electron chi connectivity index (χ4n) is 1.73. The standard InChI is InChI=1S/C12H16N2O/c1-8-4-3-5-9(2)11(8)14-12(15)10-6-7-13-10/h3-5,10,13H,6-7H2,1-2H3,(H,14,15)/t10-/m1/s1. The van der Waals surface area contributed by atoms with Gasteiger partial charge in [0.1, 0.15) is 0 Å². The summed E-state index contributed by atoms with van der Waals surface area (Å²) in [5.74, 6) is 0.0821. The first-order valence-electron chi connectivity index (χ1n) is 5.29. The van der Waals surface area contributed by atoms with E-state index in [1.165, 1.54) is 0 Å². The van der Waals surface area contributed by atoms with Crippen LogP contribution < -0.4 is 10.6 Å². The van der Waals surface area contributed by atoms with Gasteiger partial charge in [-0.15, -0.1) is 0 Å². The third kappa shape index (κ3) is 2.02. The molecule has 1 aromatic carbocycles. The first kappa shape index (κ1) is 10.2. The minimum absolute atomic E-state index is 0.00371. The Morgan fingerprint density at radius 1 is 1.40 bits per heavy atom. The van der Waals surface area contributed by atoms with Crippen molar-refractivity contribution in [1.82, 2.24) is 5.32 Å². The Labute approximate surface area is 89.9 Å². The molecule has 0 unspecified atom stereocenters. The predicted molar refractivity (Wildman–Crippen MR) is 61.0 cm³/mol. The molecule has 1 atom stereocenters. The number of anilines is 1. The molecule has 1 aliphatic rings. The number of hydrogen-bond donors (Lipinski definition) is 2. The highest BCUT2D eigenvalue weighted by Crippen LogP contribution is 2.20. The van der Waals surface area contributed by atoms with Crippen molar-refractivity contribution >= 4 is 11.6 Å². The first-order chi connectivity index (χ1) is 7.18. The van der Waals surface area contributed by atoms with Gasteiger partial charge in [0.2, 0.25) is 5.91 Å². The predicted octanol–water partition coefficient (Wildman–Crippen LogP) is 1.60. The van der Waals surface area contributed by atoms with Crippen LogP contribution in [0.25, 0.3) is 0 Å². The largest absolute Gasteiger partial charge is 0.324 e. The fourth-order valence-corrected chi connectivity index (χ4v) is 1.73. The summed E-state index contributed by atoms with van der Waals surface area (Å²) in [5, 5.41) is 6.07. The highest BCUT2D eigenvalue weighted by Gasteiger charge is 2.24. The van der Waals surface area contributed by atoms with Gasteiger partial charge in [0, 0.05) is 5.69 Å². The maximum Gasteiger partial charge on any atom is 0.241 e. The summed E-state index contributed by atoms with van der Waals surface area (Å²) in [5.41, 5.74) is 3.18. The van der Waals surface area contributed by atoms with E-state index in [0.29, 0.717) is 0 Å². The molecule has 0 aliphatic carbocycles. The summed E-state index contributed by atoms with van der Waals surface area (Å²) in [7, 11) is 0. The monoisotopic (exact) mass is 204 g/mol. The minimum Gasteiger partial charge on any atom is -0.324 e. The number of nitrogens with one attached hydrogen (secondary N) is 2. The normalized spacial score (nSPS) is 19.5. The van der Waals surface area contributed by atoms with Crippen LogP contribution in [-0.2, 0) is 4.79 Å². The van der Waals surface area contributed by atoms with Crippen LogP contribution in [0.3, 0.4) is 0 Å². The molecule has 15 heavy (non-hydrogen) atoms. The van der Waals surface area contributed by atoms with E-state index in [9.17, 15) is 4.79 Å². The van der Waals surface area contributed by atoms with Gasteiger partial charge in [0.25, 0.3) is 0 Å². The Bertz CT molecular complexity index is 363. The second-order valence-electron chi connectivity index (χ2n) is 4.05. The Balaban J connectivity index is 2.12. The lowest BCUT2D eigenvalue weighted by Crippen LogP contribution is -2.50. The van der Waals surface area contributed by atoms with Gasteiger partial charge in [0.15, 0.2) is 0 Å². The van der Waals surface area contributed by atoms with E-state index in [-0.39, 0.29) is 11.9 Å². The molecule has 0 bridgehead atoms. The number of para-hydroxylation sites is 1. The Kier molecular flexibility index (Phi) is 2.73. The number of hydrogen-bond acceptors (Lipinski definition) is 2. The molecule has 3 nitrogen and oxygen atoms in total. The Morgan fingerprint density at radius 3 is 2.47 bits per heavy atom. The summed E-state index contributed by atoms with van der Waals surface area (Å²) in [4.78, 5) is 11.7. The van der Waals surface area contributed by atoms with Gasteiger partial charge in [-0.05, 0) is 37.9 Å². The third-order valence-corrected chi connectivity index (χ3v) is 2.87. The molecule has 1 fully saturated rings. The molecule has 3 heteroatoms. The SMILES string of the molecule is Cc1cccc(C)c1NC(=O)[C@H]1CCN1. The highest BCUT2D eigenvalue weighted by molar-refractivity contribution is 5.96. The van der Waals surface area contributed by atoms with Crippen LogP contribution >= 0.6 is 0 Å². The van der Waals surface area contributed by atoms with Crippen molar-refractivity contribution in [1.29, 1.82) is 0 Å². The topological polar surface area (TPSA) is 41.1 Å². The lowest BCUT2D eigenvalue weighted by atomic mass is 10.1. The summed E-state index contributed by atoms with van der Waals surface area (Å²) in [6.07, 6.45) is 0.941. The molecule has 0 spiro atoms. The summed E-state index contributed by atoms with van der Waals surface area (Å²) in [6.45, 7) is 4.97. The highest BCUT2D eigenvalue weighted by atomic mass is 16.2. The van der Waals surface area contributed by atoms with E-state index in [2.05, 4.69) is 10.6 Å². The van der Waals surface area contributed by atoms with Crippen LogP contribution in [0.1, 0.15) is 17.5 Å².